The van der Waals surface area contributed by atoms with Gasteiger partial charge in [0, 0.05) is 5.02 Å². The molecule has 1 atom stereocenters. The van der Waals surface area contributed by atoms with Crippen molar-refractivity contribution in [1.29, 1.82) is 0 Å². The van der Waals surface area contributed by atoms with Crippen molar-refractivity contribution < 1.29 is 23.1 Å². The quantitative estimate of drug-likeness (QED) is 0.892. The molecule has 1 rings (SSSR count). The van der Waals surface area contributed by atoms with Gasteiger partial charge < -0.3 is 5.11 Å². The Balaban J connectivity index is 2.95. The highest BCUT2D eigenvalue weighted by Gasteiger charge is 2.31. The summed E-state index contributed by atoms with van der Waals surface area (Å²) in [5.74, 6) is -1.37. The van der Waals surface area contributed by atoms with E-state index in [1.807, 2.05) is 5.32 Å². The summed E-state index contributed by atoms with van der Waals surface area (Å²) in [6.45, 7) is 0.221. The lowest BCUT2D eigenvalue weighted by molar-refractivity contribution is -0.143. The molecule has 0 aromatic heterocycles. The van der Waals surface area contributed by atoms with Crippen LogP contribution in [0, 0.1) is 6.92 Å². The number of rotatable bonds is 4. The van der Waals surface area contributed by atoms with Crippen molar-refractivity contribution in [3.63, 3.8) is 0 Å². The number of hydrogen-bond donors (Lipinski definition) is 2. The Morgan fingerprint density at radius 2 is 2.11 bits per heavy atom. The number of nitrogens with one attached hydrogen (secondary N) is 1. The second-order valence-electron chi connectivity index (χ2n) is 3.77. The number of carboxylic acids is 1. The van der Waals surface area contributed by atoms with E-state index >= 15 is 0 Å². The summed E-state index contributed by atoms with van der Waals surface area (Å²) in [6, 6.07) is 2.93. The zero-order valence-electron chi connectivity index (χ0n) is 9.38. The van der Waals surface area contributed by atoms with Crippen LogP contribution in [0.1, 0.15) is 17.2 Å². The first kappa shape index (κ1) is 14.8. The predicted molar refractivity (Wildman–Crippen MR) is 60.6 cm³/mol. The molecule has 7 heteroatoms. The van der Waals surface area contributed by atoms with Crippen LogP contribution in [0.25, 0.3) is 0 Å². The van der Waals surface area contributed by atoms with Crippen LogP contribution in [0.3, 0.4) is 0 Å². The number of aliphatic carboxylic acids is 1. The van der Waals surface area contributed by atoms with Crippen molar-refractivity contribution >= 4 is 17.6 Å². The Bertz CT molecular complexity index is 448. The average Bonchev–Trinajstić information content (AvgIpc) is 2.18. The third-order valence-corrected chi connectivity index (χ3v) is 2.53. The maximum absolute atomic E-state index is 12.1. The number of halogens is 4. The van der Waals surface area contributed by atoms with Gasteiger partial charge in [-0.05, 0) is 30.2 Å². The molecule has 18 heavy (non-hydrogen) atoms. The Morgan fingerprint density at radius 3 is 2.56 bits per heavy atom. The third kappa shape index (κ3) is 4.19. The SMILES string of the molecule is Cc1cc(Cl)ccc1C(NCC(F)(F)F)C(=O)O. The van der Waals surface area contributed by atoms with Crippen LogP contribution < -0.4 is 5.32 Å². The topological polar surface area (TPSA) is 49.3 Å². The minimum Gasteiger partial charge on any atom is -0.480 e. The highest BCUT2D eigenvalue weighted by atomic mass is 35.5. The van der Waals surface area contributed by atoms with Crippen LogP contribution in [0.5, 0.6) is 0 Å². The van der Waals surface area contributed by atoms with E-state index in [1.54, 1.807) is 6.92 Å². The van der Waals surface area contributed by atoms with E-state index in [0.29, 0.717) is 10.6 Å². The first-order valence-electron chi connectivity index (χ1n) is 4.99. The molecule has 0 bridgehead atoms. The highest BCUT2D eigenvalue weighted by Crippen LogP contribution is 2.23. The van der Waals surface area contributed by atoms with Gasteiger partial charge in [-0.3, -0.25) is 10.1 Å². The molecule has 0 heterocycles. The minimum atomic E-state index is -4.46. The van der Waals surface area contributed by atoms with Crippen LogP contribution in [0.4, 0.5) is 13.2 Å². The van der Waals surface area contributed by atoms with Crippen molar-refractivity contribution in [2.75, 3.05) is 6.54 Å². The molecule has 0 saturated carbocycles. The number of aryl methyl sites for hydroxylation is 1. The van der Waals surface area contributed by atoms with Gasteiger partial charge in [-0.2, -0.15) is 13.2 Å². The summed E-state index contributed by atoms with van der Waals surface area (Å²) in [6.07, 6.45) is -4.46. The van der Waals surface area contributed by atoms with Crippen molar-refractivity contribution in [2.45, 2.75) is 19.1 Å². The zero-order valence-corrected chi connectivity index (χ0v) is 10.1. The number of benzene rings is 1. The van der Waals surface area contributed by atoms with Gasteiger partial charge in [-0.25, -0.2) is 0 Å². The van der Waals surface area contributed by atoms with Crippen molar-refractivity contribution in [3.8, 4) is 0 Å². The van der Waals surface area contributed by atoms with Crippen molar-refractivity contribution in [3.05, 3.63) is 34.3 Å². The van der Waals surface area contributed by atoms with Crippen LogP contribution in [-0.2, 0) is 4.79 Å². The second-order valence-corrected chi connectivity index (χ2v) is 4.20. The van der Waals surface area contributed by atoms with Gasteiger partial charge in [0.2, 0.25) is 0 Å². The van der Waals surface area contributed by atoms with Gasteiger partial charge in [-0.1, -0.05) is 17.7 Å². The molecular weight excluding hydrogens is 271 g/mol. The third-order valence-electron chi connectivity index (χ3n) is 2.30. The monoisotopic (exact) mass is 281 g/mol. The molecule has 100 valence electrons. The first-order valence-corrected chi connectivity index (χ1v) is 5.37. The average molecular weight is 282 g/mol. The van der Waals surface area contributed by atoms with E-state index < -0.39 is 24.7 Å². The summed E-state index contributed by atoms with van der Waals surface area (Å²) in [5.41, 5.74) is 0.778. The smallest absolute Gasteiger partial charge is 0.401 e. The lowest BCUT2D eigenvalue weighted by atomic mass is 10.0. The molecule has 0 aliphatic heterocycles. The van der Waals surface area contributed by atoms with E-state index in [9.17, 15) is 18.0 Å². The molecular formula is C11H11ClF3NO2. The molecule has 0 saturated heterocycles. The Hall–Kier alpha value is -1.27. The minimum absolute atomic E-state index is 0.260. The molecule has 0 fully saturated rings. The lowest BCUT2D eigenvalue weighted by Crippen LogP contribution is -2.36. The van der Waals surface area contributed by atoms with E-state index in [0.717, 1.165) is 0 Å². The fourth-order valence-corrected chi connectivity index (χ4v) is 1.74. The molecule has 0 aliphatic carbocycles. The molecule has 0 aliphatic rings. The van der Waals surface area contributed by atoms with Gasteiger partial charge in [0.05, 0.1) is 6.54 Å². The van der Waals surface area contributed by atoms with Gasteiger partial charge >= 0.3 is 12.1 Å². The molecule has 1 unspecified atom stereocenters. The van der Waals surface area contributed by atoms with Crippen LogP contribution in [0.15, 0.2) is 18.2 Å². The molecule has 0 amide bonds. The maximum Gasteiger partial charge on any atom is 0.401 e. The molecule has 3 nitrogen and oxygen atoms in total. The van der Waals surface area contributed by atoms with Crippen molar-refractivity contribution in [1.82, 2.24) is 5.32 Å². The largest absolute Gasteiger partial charge is 0.480 e. The Kier molecular flexibility index (Phi) is 4.59. The van der Waals surface area contributed by atoms with E-state index in [4.69, 9.17) is 16.7 Å². The molecule has 0 radical (unpaired) electrons. The number of alkyl halides is 3. The molecule has 0 spiro atoms. The molecule has 2 N–H and O–H groups in total. The van der Waals surface area contributed by atoms with Crippen LogP contribution in [-0.4, -0.2) is 23.8 Å². The number of carbonyl (C=O) groups is 1. The van der Waals surface area contributed by atoms with E-state index in [-0.39, 0.29) is 5.56 Å². The Morgan fingerprint density at radius 1 is 1.50 bits per heavy atom. The highest BCUT2D eigenvalue weighted by molar-refractivity contribution is 6.30. The fourth-order valence-electron chi connectivity index (χ4n) is 1.51. The second kappa shape index (κ2) is 5.58. The van der Waals surface area contributed by atoms with Crippen LogP contribution in [0.2, 0.25) is 5.02 Å². The molecule has 1 aromatic carbocycles. The maximum atomic E-state index is 12.1. The van der Waals surface area contributed by atoms with Gasteiger partial charge in [0.25, 0.3) is 0 Å². The summed E-state index contributed by atoms with van der Waals surface area (Å²) in [5, 5.41) is 11.3. The van der Waals surface area contributed by atoms with E-state index in [2.05, 4.69) is 0 Å². The fraction of sp³-hybridized carbons (Fsp3) is 0.364. The van der Waals surface area contributed by atoms with Gasteiger partial charge in [-0.15, -0.1) is 0 Å². The number of hydrogen-bond acceptors (Lipinski definition) is 2. The normalized spacial score (nSPS) is 13.4. The zero-order chi connectivity index (χ0) is 13.9. The van der Waals surface area contributed by atoms with Gasteiger partial charge in [0.1, 0.15) is 6.04 Å². The van der Waals surface area contributed by atoms with Crippen molar-refractivity contribution in [2.24, 2.45) is 0 Å². The molecule has 1 aromatic rings. The van der Waals surface area contributed by atoms with Gasteiger partial charge in [0.15, 0.2) is 0 Å². The summed E-state index contributed by atoms with van der Waals surface area (Å²) in [4.78, 5) is 11.0. The lowest BCUT2D eigenvalue weighted by Gasteiger charge is -2.18. The predicted octanol–water partition coefficient (Wildman–Crippen LogP) is 2.93. The van der Waals surface area contributed by atoms with Crippen LogP contribution >= 0.6 is 11.6 Å². The first-order chi connectivity index (χ1) is 8.20. The summed E-state index contributed by atoms with van der Waals surface area (Å²) < 4.78 is 36.2. The summed E-state index contributed by atoms with van der Waals surface area (Å²) >= 11 is 5.70. The van der Waals surface area contributed by atoms with E-state index in [1.165, 1.54) is 18.2 Å². The number of carboxylic acid groups (broad SMARTS) is 1. The standard InChI is InChI=1S/C11H11ClF3NO2/c1-6-4-7(12)2-3-8(6)9(10(17)18)16-5-11(13,14)15/h2-4,9,16H,5H2,1H3,(H,17,18). The Labute approximate surface area is 107 Å². The summed E-state index contributed by atoms with van der Waals surface area (Å²) in [7, 11) is 0.